The molecule has 5 heteroatoms. The molecule has 0 spiro atoms. The molecule has 20 heavy (non-hydrogen) atoms. The third-order valence-electron chi connectivity index (χ3n) is 2.84. The van der Waals surface area contributed by atoms with E-state index in [4.69, 9.17) is 5.73 Å². The van der Waals surface area contributed by atoms with Crippen LogP contribution in [-0.2, 0) is 11.3 Å². The van der Waals surface area contributed by atoms with Crippen LogP contribution in [0, 0.1) is 0 Å². The van der Waals surface area contributed by atoms with Crippen LogP contribution in [0.3, 0.4) is 0 Å². The van der Waals surface area contributed by atoms with Crippen molar-refractivity contribution in [2.75, 3.05) is 5.73 Å². The fourth-order valence-corrected chi connectivity index (χ4v) is 3.36. The van der Waals surface area contributed by atoms with Crippen molar-refractivity contribution < 1.29 is 4.79 Å². The molecule has 0 saturated carbocycles. The van der Waals surface area contributed by atoms with Crippen molar-refractivity contribution in [1.29, 1.82) is 0 Å². The highest BCUT2D eigenvalue weighted by atomic mass is 32.2. The third-order valence-corrected chi connectivity index (χ3v) is 5.09. The lowest BCUT2D eigenvalue weighted by Crippen LogP contribution is -2.31. The summed E-state index contributed by atoms with van der Waals surface area (Å²) in [6.45, 7) is 2.63. The highest BCUT2D eigenvalue weighted by Gasteiger charge is 2.17. The lowest BCUT2D eigenvalue weighted by atomic mass is 10.3. The minimum Gasteiger partial charge on any atom is -0.399 e. The van der Waals surface area contributed by atoms with E-state index in [9.17, 15) is 4.79 Å². The van der Waals surface area contributed by atoms with Crippen LogP contribution in [0.2, 0.25) is 0 Å². The van der Waals surface area contributed by atoms with Crippen LogP contribution in [0.4, 0.5) is 5.69 Å². The van der Waals surface area contributed by atoms with E-state index < -0.39 is 0 Å². The molecule has 0 bridgehead atoms. The molecule has 2 rings (SSSR count). The Morgan fingerprint density at radius 1 is 1.35 bits per heavy atom. The zero-order valence-corrected chi connectivity index (χ0v) is 13.0. The van der Waals surface area contributed by atoms with Crippen molar-refractivity contribution in [3.8, 4) is 0 Å². The molecule has 3 N–H and O–H groups in total. The van der Waals surface area contributed by atoms with Crippen LogP contribution < -0.4 is 11.1 Å². The largest absolute Gasteiger partial charge is 0.399 e. The fourth-order valence-electron chi connectivity index (χ4n) is 1.73. The second kappa shape index (κ2) is 7.36. The van der Waals surface area contributed by atoms with E-state index in [2.05, 4.69) is 5.32 Å². The summed E-state index contributed by atoms with van der Waals surface area (Å²) in [5, 5.41) is 4.94. The van der Waals surface area contributed by atoms with E-state index in [0.717, 1.165) is 17.0 Å². The number of hydrogen-bond acceptors (Lipinski definition) is 4. The number of carbonyl (C=O) groups is 1. The predicted molar refractivity (Wildman–Crippen MR) is 87.0 cm³/mol. The Bertz CT molecular complexity index is 538. The van der Waals surface area contributed by atoms with Gasteiger partial charge in [-0.15, -0.1) is 23.1 Å². The number of nitrogens with two attached hydrogens (primary N) is 1. The van der Waals surface area contributed by atoms with E-state index in [0.29, 0.717) is 6.54 Å². The van der Waals surface area contributed by atoms with Crippen molar-refractivity contribution in [1.82, 2.24) is 5.32 Å². The number of amides is 1. The zero-order valence-electron chi connectivity index (χ0n) is 11.3. The van der Waals surface area contributed by atoms with E-state index in [1.165, 1.54) is 4.88 Å². The number of thioether (sulfide) groups is 1. The molecule has 3 nitrogen and oxygen atoms in total. The molecule has 0 saturated heterocycles. The number of thiophene rings is 1. The van der Waals surface area contributed by atoms with E-state index in [-0.39, 0.29) is 11.2 Å². The summed E-state index contributed by atoms with van der Waals surface area (Å²) < 4.78 is 0. The molecular weight excluding hydrogens is 288 g/mol. The molecule has 1 aromatic carbocycles. The topological polar surface area (TPSA) is 55.1 Å². The van der Waals surface area contributed by atoms with Gasteiger partial charge in [0.15, 0.2) is 0 Å². The van der Waals surface area contributed by atoms with Gasteiger partial charge in [0.05, 0.1) is 11.8 Å². The molecule has 1 amide bonds. The first-order valence-corrected chi connectivity index (χ1v) is 8.27. The van der Waals surface area contributed by atoms with E-state index in [1.54, 1.807) is 23.1 Å². The molecule has 0 aliphatic carbocycles. The number of nitrogens with one attached hydrogen (secondary N) is 1. The quantitative estimate of drug-likeness (QED) is 0.634. The minimum atomic E-state index is -0.0708. The Morgan fingerprint density at radius 2 is 2.10 bits per heavy atom. The summed E-state index contributed by atoms with van der Waals surface area (Å²) in [5.74, 6) is 0.0859. The number of carbonyl (C=O) groups excluding carboxylic acids is 1. The number of anilines is 1. The van der Waals surface area contributed by atoms with Gasteiger partial charge in [0, 0.05) is 15.5 Å². The maximum atomic E-state index is 12.2. The summed E-state index contributed by atoms with van der Waals surface area (Å²) in [4.78, 5) is 14.4. The molecule has 106 valence electrons. The standard InChI is InChI=1S/C15H18N2OS2/c1-2-14(20-12-7-5-11(16)6-8-12)15(18)17-10-13-4-3-9-19-13/h3-9,14H,2,10,16H2,1H3,(H,17,18). The maximum absolute atomic E-state index is 12.2. The van der Waals surface area contributed by atoms with Crippen molar-refractivity contribution >= 4 is 34.7 Å². The van der Waals surface area contributed by atoms with Crippen LogP contribution in [0.25, 0.3) is 0 Å². The Morgan fingerprint density at radius 3 is 2.70 bits per heavy atom. The lowest BCUT2D eigenvalue weighted by Gasteiger charge is -2.14. The number of benzene rings is 1. The first kappa shape index (κ1) is 14.9. The molecule has 0 fully saturated rings. The summed E-state index contributed by atoms with van der Waals surface area (Å²) in [6, 6.07) is 11.6. The van der Waals surface area contributed by atoms with Gasteiger partial charge < -0.3 is 11.1 Å². The van der Waals surface area contributed by atoms with E-state index >= 15 is 0 Å². The maximum Gasteiger partial charge on any atom is 0.233 e. The van der Waals surface area contributed by atoms with Gasteiger partial charge in [-0.3, -0.25) is 4.79 Å². The predicted octanol–water partition coefficient (Wildman–Crippen LogP) is 3.52. The zero-order chi connectivity index (χ0) is 14.4. The smallest absolute Gasteiger partial charge is 0.233 e. The fraction of sp³-hybridized carbons (Fsp3) is 0.267. The summed E-state index contributed by atoms with van der Waals surface area (Å²) in [5.41, 5.74) is 6.40. The van der Waals surface area contributed by atoms with Gasteiger partial charge in [0.1, 0.15) is 0 Å². The molecule has 1 heterocycles. The van der Waals surface area contributed by atoms with Gasteiger partial charge in [-0.1, -0.05) is 13.0 Å². The minimum absolute atomic E-state index is 0.0708. The van der Waals surface area contributed by atoms with Crippen LogP contribution in [-0.4, -0.2) is 11.2 Å². The molecule has 1 unspecified atom stereocenters. The average Bonchev–Trinajstić information content (AvgIpc) is 2.97. The number of nitrogen functional groups attached to an aromatic ring is 1. The summed E-state index contributed by atoms with van der Waals surface area (Å²) in [7, 11) is 0. The molecule has 2 aromatic rings. The van der Waals surface area contributed by atoms with Crippen molar-refractivity contribution in [2.24, 2.45) is 0 Å². The van der Waals surface area contributed by atoms with Crippen LogP contribution >= 0.6 is 23.1 Å². The Kier molecular flexibility index (Phi) is 5.49. The first-order valence-electron chi connectivity index (χ1n) is 6.51. The third kappa shape index (κ3) is 4.28. The Hall–Kier alpha value is -1.46. The van der Waals surface area contributed by atoms with Crippen molar-refractivity contribution in [2.45, 2.75) is 30.0 Å². The molecule has 0 aliphatic heterocycles. The van der Waals surface area contributed by atoms with Gasteiger partial charge in [-0.25, -0.2) is 0 Å². The monoisotopic (exact) mass is 306 g/mol. The summed E-state index contributed by atoms with van der Waals surface area (Å²) in [6.07, 6.45) is 0.797. The van der Waals surface area contributed by atoms with Crippen molar-refractivity contribution in [3.05, 3.63) is 46.7 Å². The first-order chi connectivity index (χ1) is 9.69. The van der Waals surface area contributed by atoms with Gasteiger partial charge in [-0.2, -0.15) is 0 Å². The Labute approximate surface area is 127 Å². The lowest BCUT2D eigenvalue weighted by molar-refractivity contribution is -0.120. The molecule has 1 atom stereocenters. The number of rotatable bonds is 6. The number of hydrogen-bond donors (Lipinski definition) is 2. The van der Waals surface area contributed by atoms with Crippen molar-refractivity contribution in [3.63, 3.8) is 0 Å². The van der Waals surface area contributed by atoms with E-state index in [1.807, 2.05) is 48.7 Å². The van der Waals surface area contributed by atoms with Crippen LogP contribution in [0.1, 0.15) is 18.2 Å². The molecular formula is C15H18N2OS2. The van der Waals surface area contributed by atoms with Gasteiger partial charge in [-0.05, 0) is 42.1 Å². The average molecular weight is 306 g/mol. The van der Waals surface area contributed by atoms with Gasteiger partial charge in [0.25, 0.3) is 0 Å². The van der Waals surface area contributed by atoms with Crippen LogP contribution in [0.15, 0.2) is 46.7 Å². The van der Waals surface area contributed by atoms with Gasteiger partial charge in [0.2, 0.25) is 5.91 Å². The normalized spacial score (nSPS) is 12.1. The highest BCUT2D eigenvalue weighted by Crippen LogP contribution is 2.26. The Balaban J connectivity index is 1.90. The molecule has 0 radical (unpaired) electrons. The SMILES string of the molecule is CCC(Sc1ccc(N)cc1)C(=O)NCc1cccs1. The molecule has 1 aromatic heterocycles. The molecule has 0 aliphatic rings. The second-order valence-electron chi connectivity index (χ2n) is 4.38. The second-order valence-corrected chi connectivity index (χ2v) is 6.69. The summed E-state index contributed by atoms with van der Waals surface area (Å²) >= 11 is 3.23. The van der Waals surface area contributed by atoms with Gasteiger partial charge >= 0.3 is 0 Å². The highest BCUT2D eigenvalue weighted by molar-refractivity contribution is 8.00. The van der Waals surface area contributed by atoms with Crippen LogP contribution in [0.5, 0.6) is 0 Å².